The van der Waals surface area contributed by atoms with Gasteiger partial charge in [0.05, 0.1) is 38.1 Å². The molecule has 0 unspecified atom stereocenters. The van der Waals surface area contributed by atoms with Gasteiger partial charge in [0.2, 0.25) is 0 Å². The van der Waals surface area contributed by atoms with Gasteiger partial charge in [-0.1, -0.05) is 12.1 Å². The molecular weight excluding hydrogens is 408 g/mol. The molecule has 1 aromatic rings. The fraction of sp³-hybridized carbons (Fsp3) is 0.400. The number of para-hydroxylation sites is 1. The Morgan fingerprint density at radius 3 is 2.93 bits per heavy atom. The van der Waals surface area contributed by atoms with Crippen molar-refractivity contribution in [2.45, 2.75) is 6.42 Å². The van der Waals surface area contributed by atoms with E-state index in [-0.39, 0.29) is 10.1 Å². The summed E-state index contributed by atoms with van der Waals surface area (Å²) >= 11 is 1.02. The van der Waals surface area contributed by atoms with Crippen LogP contribution in [0.15, 0.2) is 45.4 Å². The van der Waals surface area contributed by atoms with Gasteiger partial charge in [-0.05, 0) is 30.3 Å². The molecule has 2 aliphatic rings. The molecule has 30 heavy (non-hydrogen) atoms. The smallest absolute Gasteiger partial charge is 0.331 e. The maximum Gasteiger partial charge on any atom is 0.331 e. The summed E-state index contributed by atoms with van der Waals surface area (Å²) in [6.07, 6.45) is 3.61. The number of amides is 1. The molecule has 2 aliphatic heterocycles. The van der Waals surface area contributed by atoms with E-state index >= 15 is 0 Å². The fourth-order valence-corrected chi connectivity index (χ4v) is 3.54. The first kappa shape index (κ1) is 22.0. The van der Waals surface area contributed by atoms with Crippen LogP contribution >= 0.6 is 11.8 Å². The lowest BCUT2D eigenvalue weighted by atomic mass is 10.2. The lowest BCUT2D eigenvalue weighted by Gasteiger charge is -2.26. The average molecular weight is 433 g/mol. The quantitative estimate of drug-likeness (QED) is 0.218. The molecule has 2 saturated heterocycles. The van der Waals surface area contributed by atoms with Crippen LogP contribution in [0.4, 0.5) is 0 Å². The molecule has 0 saturated carbocycles. The van der Waals surface area contributed by atoms with Gasteiger partial charge >= 0.3 is 5.97 Å². The van der Waals surface area contributed by atoms with Gasteiger partial charge in [-0.25, -0.2) is 4.79 Å². The lowest BCUT2D eigenvalue weighted by molar-refractivity contribution is -0.135. The second kappa shape index (κ2) is 11.5. The van der Waals surface area contributed by atoms with Crippen molar-refractivity contribution in [3.05, 3.63) is 40.8 Å². The number of rotatable bonds is 8. The minimum absolute atomic E-state index is 0.208. The van der Waals surface area contributed by atoms with Crippen molar-refractivity contribution in [1.82, 2.24) is 10.2 Å². The topological polar surface area (TPSA) is 102 Å². The average Bonchev–Trinajstić information content (AvgIpc) is 3.11. The van der Waals surface area contributed by atoms with Crippen LogP contribution in [0.5, 0.6) is 5.75 Å². The molecule has 0 radical (unpaired) electrons. The van der Waals surface area contributed by atoms with Gasteiger partial charge < -0.3 is 14.2 Å². The molecule has 0 aliphatic carbocycles. The van der Waals surface area contributed by atoms with E-state index < -0.39 is 11.9 Å². The van der Waals surface area contributed by atoms with E-state index in [2.05, 4.69) is 25.2 Å². The first-order chi connectivity index (χ1) is 14.7. The number of carbonyl (C=O) groups is 2. The molecular formula is C20H24N4O5S. The lowest BCUT2D eigenvalue weighted by Crippen LogP contribution is -2.37. The minimum Gasteiger partial charge on any atom is -0.493 e. The Kier molecular flexibility index (Phi) is 8.42. The first-order valence-electron chi connectivity index (χ1n) is 9.57. The van der Waals surface area contributed by atoms with Crippen LogP contribution in [0.1, 0.15) is 12.0 Å². The maximum atomic E-state index is 11.8. The van der Waals surface area contributed by atoms with Crippen molar-refractivity contribution in [3.63, 3.8) is 0 Å². The molecule has 2 heterocycles. The van der Waals surface area contributed by atoms with E-state index in [0.29, 0.717) is 6.61 Å². The highest BCUT2D eigenvalue weighted by Gasteiger charge is 2.25. The van der Waals surface area contributed by atoms with Crippen LogP contribution < -0.4 is 10.1 Å². The molecule has 9 nitrogen and oxygen atoms in total. The number of nitrogens with one attached hydrogen (secondary N) is 1. The summed E-state index contributed by atoms with van der Waals surface area (Å²) in [4.78, 5) is 25.7. The molecule has 0 atom stereocenters. The number of morpholine rings is 1. The summed E-state index contributed by atoms with van der Waals surface area (Å²) < 4.78 is 15.8. The van der Waals surface area contributed by atoms with E-state index in [1.807, 2.05) is 24.3 Å². The van der Waals surface area contributed by atoms with Crippen LogP contribution in [0.25, 0.3) is 0 Å². The Balaban J connectivity index is 1.52. The van der Waals surface area contributed by atoms with Crippen molar-refractivity contribution in [2.24, 2.45) is 10.2 Å². The molecule has 3 rings (SSSR count). The van der Waals surface area contributed by atoms with Crippen LogP contribution in [-0.4, -0.2) is 74.7 Å². The summed E-state index contributed by atoms with van der Waals surface area (Å²) in [7, 11) is 1.25. The third-order valence-corrected chi connectivity index (χ3v) is 5.25. The maximum absolute atomic E-state index is 11.8. The van der Waals surface area contributed by atoms with Gasteiger partial charge in [-0.2, -0.15) is 5.10 Å². The summed E-state index contributed by atoms with van der Waals surface area (Å²) in [5, 5.41) is 10.9. The van der Waals surface area contributed by atoms with Gasteiger partial charge in [0.25, 0.3) is 5.91 Å². The Morgan fingerprint density at radius 1 is 1.33 bits per heavy atom. The number of hydrogen-bond acceptors (Lipinski definition) is 9. The third-order valence-electron chi connectivity index (χ3n) is 4.35. The SMILES string of the molecule is COC(=O)/C=C1/S/C(=N\N=Cc2ccccc2OCCCN2CCOCC2)NC1=O. The standard InChI is InChI=1S/C20H24N4O5S/c1-27-18(25)13-17-19(26)22-20(30-17)23-21-14-15-5-2-3-6-16(15)29-10-4-7-24-8-11-28-12-9-24/h2-3,5-6,13-14H,4,7-12H2,1H3,(H,22,23,26)/b17-13+,21-14?. The molecule has 2 fully saturated rings. The predicted molar refractivity (Wildman–Crippen MR) is 115 cm³/mol. The molecule has 10 heteroatoms. The highest BCUT2D eigenvalue weighted by atomic mass is 32.2. The van der Waals surface area contributed by atoms with E-state index in [1.165, 1.54) is 7.11 Å². The summed E-state index contributed by atoms with van der Waals surface area (Å²) in [5.74, 6) is -0.293. The third kappa shape index (κ3) is 6.68. The predicted octanol–water partition coefficient (Wildman–Crippen LogP) is 1.40. The van der Waals surface area contributed by atoms with Crippen LogP contribution in [0.3, 0.4) is 0 Å². The fourth-order valence-electron chi connectivity index (χ4n) is 2.80. The first-order valence-corrected chi connectivity index (χ1v) is 10.4. The molecule has 1 N–H and O–H groups in total. The van der Waals surface area contributed by atoms with Gasteiger partial charge in [-0.3, -0.25) is 15.0 Å². The molecule has 160 valence electrons. The zero-order valence-corrected chi connectivity index (χ0v) is 17.5. The number of nitrogens with zero attached hydrogens (tertiary/aromatic N) is 3. The Hall–Kier alpha value is -2.69. The normalized spacial score (nSPS) is 20.1. The summed E-state index contributed by atoms with van der Waals surface area (Å²) in [5.41, 5.74) is 0.785. The largest absolute Gasteiger partial charge is 0.493 e. The summed E-state index contributed by atoms with van der Waals surface area (Å²) in [6, 6.07) is 7.55. The summed E-state index contributed by atoms with van der Waals surface area (Å²) in [6.45, 7) is 5.10. The zero-order chi connectivity index (χ0) is 21.2. The van der Waals surface area contributed by atoms with E-state index in [4.69, 9.17) is 9.47 Å². The second-order valence-electron chi connectivity index (χ2n) is 6.43. The number of methoxy groups -OCH3 is 1. The molecule has 0 aromatic heterocycles. The van der Waals surface area contributed by atoms with Crippen LogP contribution in [0.2, 0.25) is 0 Å². The zero-order valence-electron chi connectivity index (χ0n) is 16.7. The Bertz CT molecular complexity index is 849. The van der Waals surface area contributed by atoms with Crippen LogP contribution in [0, 0.1) is 0 Å². The number of esters is 1. The van der Waals surface area contributed by atoms with Crippen molar-refractivity contribution in [1.29, 1.82) is 0 Å². The number of hydrogen-bond donors (Lipinski definition) is 1. The second-order valence-corrected chi connectivity index (χ2v) is 7.46. The number of benzene rings is 1. The van der Waals surface area contributed by atoms with Gasteiger partial charge in [0.15, 0.2) is 5.17 Å². The monoisotopic (exact) mass is 432 g/mol. The van der Waals surface area contributed by atoms with Crippen molar-refractivity contribution in [2.75, 3.05) is 46.6 Å². The number of thioether (sulfide) groups is 1. The highest BCUT2D eigenvalue weighted by molar-refractivity contribution is 8.18. The molecule has 0 bridgehead atoms. The van der Waals surface area contributed by atoms with Gasteiger partial charge in [0.1, 0.15) is 5.75 Å². The Morgan fingerprint density at radius 2 is 2.13 bits per heavy atom. The number of amidine groups is 1. The molecule has 1 aromatic carbocycles. The highest BCUT2D eigenvalue weighted by Crippen LogP contribution is 2.23. The molecule has 0 spiro atoms. The van der Waals surface area contributed by atoms with E-state index in [0.717, 1.165) is 68.4 Å². The Labute approximate surface area is 179 Å². The number of ether oxygens (including phenoxy) is 3. The van der Waals surface area contributed by atoms with Crippen LogP contribution in [-0.2, 0) is 19.1 Å². The van der Waals surface area contributed by atoms with Gasteiger partial charge in [-0.15, -0.1) is 5.10 Å². The van der Waals surface area contributed by atoms with Crippen molar-refractivity contribution >= 4 is 35.0 Å². The molecule has 1 amide bonds. The van der Waals surface area contributed by atoms with E-state index in [9.17, 15) is 9.59 Å². The minimum atomic E-state index is -0.600. The van der Waals surface area contributed by atoms with Crippen molar-refractivity contribution in [3.8, 4) is 5.75 Å². The van der Waals surface area contributed by atoms with E-state index in [1.54, 1.807) is 6.21 Å². The van der Waals surface area contributed by atoms with Crippen molar-refractivity contribution < 1.29 is 23.8 Å². The van der Waals surface area contributed by atoms with Gasteiger partial charge in [0, 0.05) is 31.3 Å². The number of carbonyl (C=O) groups excluding carboxylic acids is 2.